The summed E-state index contributed by atoms with van der Waals surface area (Å²) in [5.41, 5.74) is 4.29. The Morgan fingerprint density at radius 2 is 1.67 bits per heavy atom. The van der Waals surface area contributed by atoms with Gasteiger partial charge in [0, 0.05) is 5.17 Å². The maximum absolute atomic E-state index is 9.04. The molecule has 0 heterocycles. The largest absolute Gasteiger partial charge is 1.00 e. The van der Waals surface area contributed by atoms with Crippen molar-refractivity contribution in [3.8, 4) is 0 Å². The maximum atomic E-state index is 9.04. The fourth-order valence-corrected chi connectivity index (χ4v) is 0. The second kappa shape index (κ2) is 9.19. The van der Waals surface area contributed by atoms with Crippen LogP contribution in [0.15, 0.2) is 0 Å². The Morgan fingerprint density at radius 3 is 1.67 bits per heavy atom. The van der Waals surface area contributed by atoms with Crippen LogP contribution in [-0.4, -0.2) is 5.17 Å². The van der Waals surface area contributed by atoms with Crippen LogP contribution in [0.4, 0.5) is 0 Å². The molecule has 2 nitrogen and oxygen atoms in total. The van der Waals surface area contributed by atoms with E-state index in [2.05, 4.69) is 18.0 Å². The van der Waals surface area contributed by atoms with Crippen molar-refractivity contribution in [2.24, 2.45) is 5.73 Å². The molecule has 0 unspecified atom stereocenters. The molecule has 0 spiro atoms. The molecule has 0 saturated carbocycles. The molecule has 0 fully saturated rings. The van der Waals surface area contributed by atoms with E-state index in [1.54, 1.807) is 0 Å². The van der Waals surface area contributed by atoms with Gasteiger partial charge in [0.25, 0.3) is 0 Å². The summed E-state index contributed by atoms with van der Waals surface area (Å²) in [6.07, 6.45) is 0. The minimum atomic E-state index is -0.750. The SMILES string of the molecule is C.NC([O-])=S.[Na+]. The Kier molecular flexibility index (Phi) is 24.4. The molecule has 0 aromatic rings. The van der Waals surface area contributed by atoms with Crippen molar-refractivity contribution in [3.63, 3.8) is 0 Å². The number of hydrogen-bond donors (Lipinski definition) is 1. The fourth-order valence-electron chi connectivity index (χ4n) is 0. The van der Waals surface area contributed by atoms with Crippen LogP contribution >= 0.6 is 12.2 Å². The van der Waals surface area contributed by atoms with E-state index in [4.69, 9.17) is 5.11 Å². The molecule has 0 saturated heterocycles. The molecule has 0 radical (unpaired) electrons. The molecule has 0 aromatic heterocycles. The van der Waals surface area contributed by atoms with Gasteiger partial charge in [0.15, 0.2) is 0 Å². The van der Waals surface area contributed by atoms with Crippen molar-refractivity contribution in [2.45, 2.75) is 7.43 Å². The fraction of sp³-hybridized carbons (Fsp3) is 0.500. The van der Waals surface area contributed by atoms with Crippen LogP contribution in [0.1, 0.15) is 7.43 Å². The summed E-state index contributed by atoms with van der Waals surface area (Å²) in [6, 6.07) is 0. The molecule has 0 aliphatic rings. The Labute approximate surface area is 65.0 Å². The first-order valence-electron chi connectivity index (χ1n) is 0.697. The number of thiocarbonyl (C=S) groups is 1. The summed E-state index contributed by atoms with van der Waals surface area (Å²) in [5.74, 6) is 0. The third-order valence-electron chi connectivity index (χ3n) is 0. The molecular formula is C2H6NNaOS. The first-order chi connectivity index (χ1) is 1.73. The summed E-state index contributed by atoms with van der Waals surface area (Å²) >= 11 is 3.76. The van der Waals surface area contributed by atoms with E-state index in [-0.39, 0.29) is 37.0 Å². The van der Waals surface area contributed by atoms with Gasteiger partial charge in [-0.2, -0.15) is 0 Å². The zero-order chi connectivity index (χ0) is 3.58. The van der Waals surface area contributed by atoms with Crippen LogP contribution in [0.2, 0.25) is 0 Å². The molecule has 4 heteroatoms. The van der Waals surface area contributed by atoms with Gasteiger partial charge in [-0.25, -0.2) is 0 Å². The molecule has 32 valence electrons. The van der Waals surface area contributed by atoms with Gasteiger partial charge in [-0.15, -0.1) is 0 Å². The van der Waals surface area contributed by atoms with Crippen molar-refractivity contribution in [2.75, 3.05) is 0 Å². The minimum absolute atomic E-state index is 0. The average molecular weight is 115 g/mol. The number of rotatable bonds is 0. The summed E-state index contributed by atoms with van der Waals surface area (Å²) in [7, 11) is 0. The topological polar surface area (TPSA) is 49.1 Å². The number of hydrogen-bond acceptors (Lipinski definition) is 2. The standard InChI is InChI=1S/CH3NOS.CH4.Na/c2-1(3)4;;/h(H3,2,3,4);1H4;/q;;+1/p-1. The molecule has 0 amide bonds. The molecule has 0 aromatic carbocycles. The summed E-state index contributed by atoms with van der Waals surface area (Å²) < 4.78 is 0. The van der Waals surface area contributed by atoms with Gasteiger partial charge in [-0.1, -0.05) is 19.6 Å². The van der Waals surface area contributed by atoms with Gasteiger partial charge in [0.2, 0.25) is 0 Å². The minimum Gasteiger partial charge on any atom is -0.852 e. The predicted octanol–water partition coefficient (Wildman–Crippen LogP) is -3.77. The van der Waals surface area contributed by atoms with Gasteiger partial charge in [-0.05, 0) is 0 Å². The van der Waals surface area contributed by atoms with Crippen LogP contribution < -0.4 is 40.4 Å². The molecule has 0 bridgehead atoms. The van der Waals surface area contributed by atoms with E-state index in [0.717, 1.165) is 0 Å². The van der Waals surface area contributed by atoms with Gasteiger partial charge < -0.3 is 10.8 Å². The zero-order valence-corrected chi connectivity index (χ0v) is 5.71. The van der Waals surface area contributed by atoms with Crippen molar-refractivity contribution in [3.05, 3.63) is 0 Å². The maximum Gasteiger partial charge on any atom is 1.00 e. The molecule has 0 rings (SSSR count). The molecular weight excluding hydrogens is 109 g/mol. The zero-order valence-electron chi connectivity index (χ0n) is 2.89. The van der Waals surface area contributed by atoms with E-state index in [1.807, 2.05) is 0 Å². The first kappa shape index (κ1) is 15.9. The predicted molar refractivity (Wildman–Crippen MR) is 23.5 cm³/mol. The van der Waals surface area contributed by atoms with Crippen LogP contribution in [0.3, 0.4) is 0 Å². The second-order valence-corrected chi connectivity index (χ2v) is 0.721. The molecule has 0 aliphatic carbocycles. The van der Waals surface area contributed by atoms with Gasteiger partial charge >= 0.3 is 29.6 Å². The summed E-state index contributed by atoms with van der Waals surface area (Å²) in [4.78, 5) is 0. The molecule has 2 N–H and O–H groups in total. The Morgan fingerprint density at radius 1 is 1.67 bits per heavy atom. The van der Waals surface area contributed by atoms with Crippen LogP contribution in [-0.2, 0) is 0 Å². The van der Waals surface area contributed by atoms with Crippen molar-refractivity contribution >= 4 is 17.4 Å². The molecule has 6 heavy (non-hydrogen) atoms. The molecule has 0 aliphatic heterocycles. The van der Waals surface area contributed by atoms with Gasteiger partial charge in [0.05, 0.1) is 0 Å². The van der Waals surface area contributed by atoms with Crippen molar-refractivity contribution < 1.29 is 34.7 Å². The van der Waals surface area contributed by atoms with Gasteiger partial charge in [-0.3, -0.25) is 0 Å². The van der Waals surface area contributed by atoms with Crippen molar-refractivity contribution in [1.29, 1.82) is 0 Å². The van der Waals surface area contributed by atoms with E-state index < -0.39 is 5.17 Å². The van der Waals surface area contributed by atoms with E-state index in [9.17, 15) is 0 Å². The normalized spacial score (nSPS) is 4.00. The smallest absolute Gasteiger partial charge is 0.852 e. The second-order valence-electron chi connectivity index (χ2n) is 0.319. The third-order valence-corrected chi connectivity index (χ3v) is 0. The van der Waals surface area contributed by atoms with Crippen LogP contribution in [0.25, 0.3) is 0 Å². The van der Waals surface area contributed by atoms with Crippen LogP contribution in [0.5, 0.6) is 0 Å². The van der Waals surface area contributed by atoms with Crippen molar-refractivity contribution in [1.82, 2.24) is 0 Å². The van der Waals surface area contributed by atoms with E-state index in [0.29, 0.717) is 0 Å². The Bertz CT molecular complexity index is 36.5. The average Bonchev–Trinajstić information content (AvgIpc) is 0.811. The third kappa shape index (κ3) is 134. The first-order valence-corrected chi connectivity index (χ1v) is 1.11. The molecule has 0 atom stereocenters. The quantitative estimate of drug-likeness (QED) is 0.260. The van der Waals surface area contributed by atoms with Gasteiger partial charge in [0.1, 0.15) is 0 Å². The van der Waals surface area contributed by atoms with E-state index in [1.165, 1.54) is 0 Å². The monoisotopic (exact) mass is 115 g/mol. The summed E-state index contributed by atoms with van der Waals surface area (Å²) in [5, 5.41) is 8.29. The Hall–Kier alpha value is 0.690. The van der Waals surface area contributed by atoms with E-state index >= 15 is 0 Å². The number of nitrogens with two attached hydrogens (primary N) is 1. The summed E-state index contributed by atoms with van der Waals surface area (Å²) in [6.45, 7) is 0. The van der Waals surface area contributed by atoms with Crippen LogP contribution in [0, 0.1) is 0 Å². The Balaban J connectivity index is -0.0000000450.